The van der Waals surface area contributed by atoms with Crippen LogP contribution in [-0.4, -0.2) is 29.7 Å². The van der Waals surface area contributed by atoms with Crippen molar-refractivity contribution in [1.82, 2.24) is 24.7 Å². The number of nitrogens with one attached hydrogen (secondary N) is 1. The molecule has 0 radical (unpaired) electrons. The minimum atomic E-state index is -0.691. The second-order valence-electron chi connectivity index (χ2n) is 5.70. The van der Waals surface area contributed by atoms with Gasteiger partial charge in [0.2, 0.25) is 0 Å². The Kier molecular flexibility index (Phi) is 4.46. The van der Waals surface area contributed by atoms with Gasteiger partial charge in [-0.05, 0) is 6.07 Å². The summed E-state index contributed by atoms with van der Waals surface area (Å²) < 4.78 is 15.5. The molecular weight excluding hydrogens is 403 g/mol. The van der Waals surface area contributed by atoms with Crippen LogP contribution in [0.5, 0.6) is 0 Å². The zero-order valence-corrected chi connectivity index (χ0v) is 15.0. The van der Waals surface area contributed by atoms with E-state index in [1.165, 1.54) is 23.4 Å². The predicted molar refractivity (Wildman–Crippen MR) is 101 cm³/mol. The van der Waals surface area contributed by atoms with E-state index in [0.29, 0.717) is 11.2 Å². The van der Waals surface area contributed by atoms with Crippen molar-refractivity contribution < 1.29 is 9.31 Å². The lowest BCUT2D eigenvalue weighted by Gasteiger charge is -2.06. The summed E-state index contributed by atoms with van der Waals surface area (Å²) in [4.78, 5) is 22.2. The zero-order chi connectivity index (χ0) is 20.5. The molecule has 1 N–H and O–H groups in total. The topological polar surface area (TPSA) is 135 Å². The predicted octanol–water partition coefficient (Wildman–Crippen LogP) is 3.53. The van der Waals surface area contributed by atoms with Gasteiger partial charge in [0, 0.05) is 24.5 Å². The minimum absolute atomic E-state index is 0.0325. The summed E-state index contributed by atoms with van der Waals surface area (Å²) in [6.07, 6.45) is 5.27. The SMILES string of the molecule is N#Cc1cc([N+](=O)[O-])cc(Cl)c1-n1cc2c(Nc3ccncn3)ncc(F)c2n1. The van der Waals surface area contributed by atoms with Crippen LogP contribution in [0.2, 0.25) is 5.02 Å². The van der Waals surface area contributed by atoms with Gasteiger partial charge in [-0.15, -0.1) is 0 Å². The van der Waals surface area contributed by atoms with Crippen molar-refractivity contribution in [2.75, 3.05) is 5.32 Å². The molecule has 0 saturated carbocycles. The molecule has 10 nitrogen and oxygen atoms in total. The molecule has 0 aliphatic carbocycles. The first-order valence-electron chi connectivity index (χ1n) is 7.93. The fourth-order valence-electron chi connectivity index (χ4n) is 2.68. The highest BCUT2D eigenvalue weighted by atomic mass is 35.5. The Labute approximate surface area is 166 Å². The summed E-state index contributed by atoms with van der Waals surface area (Å²) in [5.74, 6) is 0.00524. The van der Waals surface area contributed by atoms with Gasteiger partial charge in [-0.3, -0.25) is 10.1 Å². The maximum Gasteiger partial charge on any atom is 0.272 e. The Balaban J connectivity index is 1.89. The molecule has 0 amide bonds. The van der Waals surface area contributed by atoms with Crippen molar-refractivity contribution >= 4 is 39.8 Å². The third kappa shape index (κ3) is 3.28. The molecule has 0 unspecified atom stereocenters. The summed E-state index contributed by atoms with van der Waals surface area (Å²) in [5, 5.41) is 27.7. The molecule has 0 atom stereocenters. The number of rotatable bonds is 4. The monoisotopic (exact) mass is 410 g/mol. The van der Waals surface area contributed by atoms with Crippen LogP contribution in [0.3, 0.4) is 0 Å². The molecule has 0 fully saturated rings. The van der Waals surface area contributed by atoms with Gasteiger partial charge in [0.05, 0.1) is 27.1 Å². The second kappa shape index (κ2) is 7.10. The summed E-state index contributed by atoms with van der Waals surface area (Å²) in [6, 6.07) is 5.62. The molecular formula is C17H8ClFN8O2. The molecule has 0 aliphatic rings. The van der Waals surface area contributed by atoms with Crippen molar-refractivity contribution in [2.24, 2.45) is 0 Å². The molecule has 29 heavy (non-hydrogen) atoms. The molecule has 12 heteroatoms. The number of hydrogen-bond donors (Lipinski definition) is 1. The summed E-state index contributed by atoms with van der Waals surface area (Å²) in [6.45, 7) is 0. The van der Waals surface area contributed by atoms with Crippen LogP contribution in [-0.2, 0) is 0 Å². The molecule has 0 saturated heterocycles. The van der Waals surface area contributed by atoms with Gasteiger partial charge in [0.1, 0.15) is 35.2 Å². The maximum atomic E-state index is 14.3. The van der Waals surface area contributed by atoms with Crippen LogP contribution in [0.15, 0.2) is 43.1 Å². The van der Waals surface area contributed by atoms with E-state index in [2.05, 4.69) is 25.4 Å². The molecule has 0 bridgehead atoms. The number of non-ortho nitro benzene ring substituents is 1. The number of fused-ring (bicyclic) bond motifs is 1. The van der Waals surface area contributed by atoms with E-state index in [1.54, 1.807) is 6.07 Å². The number of benzene rings is 1. The van der Waals surface area contributed by atoms with Gasteiger partial charge in [-0.25, -0.2) is 24.0 Å². The van der Waals surface area contributed by atoms with Gasteiger partial charge >= 0.3 is 0 Å². The maximum absolute atomic E-state index is 14.3. The van der Waals surface area contributed by atoms with Crippen LogP contribution >= 0.6 is 11.6 Å². The molecule has 142 valence electrons. The van der Waals surface area contributed by atoms with Crippen molar-refractivity contribution in [1.29, 1.82) is 5.26 Å². The first-order chi connectivity index (χ1) is 14.0. The minimum Gasteiger partial charge on any atom is -0.324 e. The average Bonchev–Trinajstić information content (AvgIpc) is 3.16. The van der Waals surface area contributed by atoms with E-state index in [4.69, 9.17) is 11.6 Å². The third-order valence-corrected chi connectivity index (χ3v) is 4.23. The first kappa shape index (κ1) is 18.2. The van der Waals surface area contributed by atoms with Crippen molar-refractivity contribution in [2.45, 2.75) is 0 Å². The molecule has 3 aromatic heterocycles. The number of pyridine rings is 1. The van der Waals surface area contributed by atoms with Crippen LogP contribution < -0.4 is 5.32 Å². The van der Waals surface area contributed by atoms with E-state index in [1.807, 2.05) is 6.07 Å². The van der Waals surface area contributed by atoms with Crippen LogP contribution in [0.1, 0.15) is 5.56 Å². The van der Waals surface area contributed by atoms with Crippen molar-refractivity contribution in [3.05, 3.63) is 69.6 Å². The highest BCUT2D eigenvalue weighted by Crippen LogP contribution is 2.32. The zero-order valence-electron chi connectivity index (χ0n) is 14.2. The van der Waals surface area contributed by atoms with Crippen molar-refractivity contribution in [3.8, 4) is 11.8 Å². The number of aromatic nitrogens is 5. The Bertz CT molecular complexity index is 1300. The lowest BCUT2D eigenvalue weighted by molar-refractivity contribution is -0.384. The summed E-state index contributed by atoms with van der Waals surface area (Å²) in [5.41, 5.74) is -0.375. The van der Waals surface area contributed by atoms with Crippen LogP contribution in [0, 0.1) is 27.3 Å². The number of halogens is 2. The Morgan fingerprint density at radius 2 is 2.17 bits per heavy atom. The standard InChI is InChI=1S/C17H8ClFN8O2/c18-12-4-10(27(28)29)3-9(5-20)16(12)26-7-11-15(25-26)13(19)6-22-17(11)24-14-1-2-21-8-23-14/h1-4,6-8H,(H,21,22,23,24). The van der Waals surface area contributed by atoms with E-state index < -0.39 is 10.7 Å². The number of nitro benzene ring substituents is 1. The molecule has 1 aromatic carbocycles. The lowest BCUT2D eigenvalue weighted by atomic mass is 10.1. The highest BCUT2D eigenvalue weighted by Gasteiger charge is 2.20. The fraction of sp³-hybridized carbons (Fsp3) is 0. The normalized spacial score (nSPS) is 10.7. The van der Waals surface area contributed by atoms with Gasteiger partial charge in [0.15, 0.2) is 5.82 Å². The average molecular weight is 411 g/mol. The Morgan fingerprint density at radius 3 is 2.86 bits per heavy atom. The van der Waals surface area contributed by atoms with E-state index >= 15 is 0 Å². The molecule has 0 aliphatic heterocycles. The smallest absolute Gasteiger partial charge is 0.272 e. The summed E-state index contributed by atoms with van der Waals surface area (Å²) >= 11 is 6.17. The number of nitro groups is 1. The van der Waals surface area contributed by atoms with E-state index in [-0.39, 0.29) is 33.3 Å². The number of hydrogen-bond acceptors (Lipinski definition) is 8. The van der Waals surface area contributed by atoms with Crippen LogP contribution in [0.4, 0.5) is 21.7 Å². The summed E-state index contributed by atoms with van der Waals surface area (Å²) in [7, 11) is 0. The third-order valence-electron chi connectivity index (χ3n) is 3.94. The first-order valence-corrected chi connectivity index (χ1v) is 8.31. The molecule has 4 aromatic rings. The highest BCUT2D eigenvalue weighted by molar-refractivity contribution is 6.32. The second-order valence-corrected chi connectivity index (χ2v) is 6.11. The molecule has 0 spiro atoms. The van der Waals surface area contributed by atoms with Crippen molar-refractivity contribution in [3.63, 3.8) is 0 Å². The van der Waals surface area contributed by atoms with E-state index in [9.17, 15) is 19.8 Å². The number of nitrogens with zero attached hydrogens (tertiary/aromatic N) is 7. The van der Waals surface area contributed by atoms with Gasteiger partial charge < -0.3 is 5.32 Å². The van der Waals surface area contributed by atoms with E-state index in [0.717, 1.165) is 18.3 Å². The lowest BCUT2D eigenvalue weighted by Crippen LogP contribution is -2.01. The van der Waals surface area contributed by atoms with Gasteiger partial charge in [0.25, 0.3) is 5.69 Å². The Morgan fingerprint density at radius 1 is 1.34 bits per heavy atom. The van der Waals surface area contributed by atoms with Gasteiger partial charge in [-0.1, -0.05) is 11.6 Å². The molecule has 4 rings (SSSR count). The number of anilines is 2. The quantitative estimate of drug-likeness (QED) is 0.398. The Hall–Kier alpha value is -4.17. The fourth-order valence-corrected chi connectivity index (χ4v) is 2.98. The molecule has 3 heterocycles. The largest absolute Gasteiger partial charge is 0.324 e. The van der Waals surface area contributed by atoms with Gasteiger partial charge in [-0.2, -0.15) is 10.4 Å². The van der Waals surface area contributed by atoms with Crippen LogP contribution in [0.25, 0.3) is 16.6 Å². The number of nitriles is 1.